The number of nitro groups is 1. The predicted molar refractivity (Wildman–Crippen MR) is 80.5 cm³/mol. The van der Waals surface area contributed by atoms with Crippen LogP contribution in [0.3, 0.4) is 0 Å². The van der Waals surface area contributed by atoms with Crippen molar-refractivity contribution in [1.82, 2.24) is 4.98 Å². The third-order valence-corrected chi connectivity index (χ3v) is 3.04. The van der Waals surface area contributed by atoms with Crippen molar-refractivity contribution in [2.75, 3.05) is 0 Å². The van der Waals surface area contributed by atoms with Gasteiger partial charge in [-0.15, -0.1) is 0 Å². The predicted octanol–water partition coefficient (Wildman–Crippen LogP) is 3.85. The summed E-state index contributed by atoms with van der Waals surface area (Å²) in [6.45, 7) is 0. The van der Waals surface area contributed by atoms with Gasteiger partial charge in [-0.2, -0.15) is 0 Å². The number of nitrogens with zero attached hydrogens (tertiary/aromatic N) is 2. The topological polar surface area (TPSA) is 95.5 Å². The average molecular weight is 310 g/mol. The zero-order valence-corrected chi connectivity index (χ0v) is 11.7. The summed E-state index contributed by atoms with van der Waals surface area (Å²) in [7, 11) is 0. The van der Waals surface area contributed by atoms with Gasteiger partial charge in [0.05, 0.1) is 4.92 Å². The van der Waals surface area contributed by atoms with E-state index in [2.05, 4.69) is 4.98 Å². The molecule has 2 aromatic heterocycles. The van der Waals surface area contributed by atoms with E-state index >= 15 is 0 Å². The number of benzene rings is 1. The van der Waals surface area contributed by atoms with Crippen LogP contribution >= 0.6 is 0 Å². The fourth-order valence-electron chi connectivity index (χ4n) is 1.97. The quantitative estimate of drug-likeness (QED) is 0.403. The first-order chi connectivity index (χ1) is 11.2. The lowest BCUT2D eigenvalue weighted by atomic mass is 10.2. The zero-order valence-electron chi connectivity index (χ0n) is 11.7. The number of carbonyl (C=O) groups excluding carboxylic acids is 1. The molecule has 0 spiro atoms. The van der Waals surface area contributed by atoms with Crippen molar-refractivity contribution in [3.8, 4) is 23.0 Å². The zero-order chi connectivity index (χ0) is 16.2. The summed E-state index contributed by atoms with van der Waals surface area (Å²) in [5.41, 5.74) is 0.541. The number of hydrogen-bond donors (Lipinski definition) is 0. The Bertz CT molecular complexity index is 855. The normalized spacial score (nSPS) is 10.3. The summed E-state index contributed by atoms with van der Waals surface area (Å²) in [5.74, 6) is 1.11. The van der Waals surface area contributed by atoms with E-state index in [1.807, 2.05) is 0 Å². The summed E-state index contributed by atoms with van der Waals surface area (Å²) in [5, 5.41) is 10.9. The highest BCUT2D eigenvalue weighted by atomic mass is 16.6. The van der Waals surface area contributed by atoms with E-state index in [0.29, 0.717) is 17.8 Å². The number of aldehydes is 1. The van der Waals surface area contributed by atoms with Gasteiger partial charge in [0, 0.05) is 17.8 Å². The molecule has 0 N–H and O–H groups in total. The summed E-state index contributed by atoms with van der Waals surface area (Å²) in [6.07, 6.45) is 2.04. The van der Waals surface area contributed by atoms with Crippen LogP contribution in [-0.2, 0) is 0 Å². The highest BCUT2D eigenvalue weighted by Crippen LogP contribution is 2.30. The Hall–Kier alpha value is -3.48. The molecule has 7 heteroatoms. The molecule has 0 radical (unpaired) electrons. The third kappa shape index (κ3) is 3.08. The minimum atomic E-state index is -0.555. The Morgan fingerprint density at radius 1 is 1.13 bits per heavy atom. The maximum atomic E-state index is 10.9. The molecule has 0 aliphatic rings. The van der Waals surface area contributed by atoms with Crippen LogP contribution in [0.2, 0.25) is 0 Å². The van der Waals surface area contributed by atoms with Crippen LogP contribution in [0.4, 0.5) is 5.69 Å². The van der Waals surface area contributed by atoms with Crippen LogP contribution in [0.5, 0.6) is 11.6 Å². The van der Waals surface area contributed by atoms with Gasteiger partial charge in [-0.05, 0) is 42.5 Å². The van der Waals surface area contributed by atoms with Crippen molar-refractivity contribution in [1.29, 1.82) is 0 Å². The summed E-state index contributed by atoms with van der Waals surface area (Å²) >= 11 is 0. The Morgan fingerprint density at radius 2 is 1.91 bits per heavy atom. The molecule has 0 aliphatic carbocycles. The second-order valence-electron chi connectivity index (χ2n) is 4.53. The fraction of sp³-hybridized carbons (Fsp3) is 0. The van der Waals surface area contributed by atoms with Gasteiger partial charge in [0.1, 0.15) is 11.5 Å². The SMILES string of the molecule is O=Cc1ccc(-c2ccc(Oc3ncccc3[N+](=O)[O-])cc2)o1. The molecular formula is C16H10N2O5. The van der Waals surface area contributed by atoms with Gasteiger partial charge in [-0.3, -0.25) is 14.9 Å². The lowest BCUT2D eigenvalue weighted by Gasteiger charge is -2.05. The minimum absolute atomic E-state index is 0.0773. The number of furan rings is 1. The Balaban J connectivity index is 1.83. The second-order valence-corrected chi connectivity index (χ2v) is 4.53. The van der Waals surface area contributed by atoms with E-state index in [9.17, 15) is 14.9 Å². The second kappa shape index (κ2) is 6.10. The van der Waals surface area contributed by atoms with Gasteiger partial charge in [0.2, 0.25) is 0 Å². The first-order valence-electron chi connectivity index (χ1n) is 6.60. The van der Waals surface area contributed by atoms with E-state index in [4.69, 9.17) is 9.15 Å². The van der Waals surface area contributed by atoms with Crippen LogP contribution in [0.25, 0.3) is 11.3 Å². The summed E-state index contributed by atoms with van der Waals surface area (Å²) < 4.78 is 10.8. The molecule has 0 amide bonds. The molecule has 0 saturated heterocycles. The molecule has 0 atom stereocenters. The van der Waals surface area contributed by atoms with Crippen molar-refractivity contribution in [3.63, 3.8) is 0 Å². The third-order valence-electron chi connectivity index (χ3n) is 3.04. The minimum Gasteiger partial charge on any atom is -0.453 e. The molecule has 0 bridgehead atoms. The molecule has 1 aromatic carbocycles. The van der Waals surface area contributed by atoms with Gasteiger partial charge in [-0.25, -0.2) is 4.98 Å². The average Bonchev–Trinajstić information content (AvgIpc) is 3.05. The molecule has 3 rings (SSSR count). The largest absolute Gasteiger partial charge is 0.453 e. The van der Waals surface area contributed by atoms with Crippen LogP contribution in [0.15, 0.2) is 59.1 Å². The van der Waals surface area contributed by atoms with E-state index in [1.54, 1.807) is 36.4 Å². The molecule has 3 aromatic rings. The lowest BCUT2D eigenvalue weighted by Crippen LogP contribution is -1.95. The maximum absolute atomic E-state index is 10.9. The molecule has 2 heterocycles. The van der Waals surface area contributed by atoms with Crippen molar-refractivity contribution in [2.45, 2.75) is 0 Å². The highest BCUT2D eigenvalue weighted by molar-refractivity contribution is 5.72. The molecule has 0 unspecified atom stereocenters. The molecular weight excluding hydrogens is 300 g/mol. The number of aromatic nitrogens is 1. The number of rotatable bonds is 5. The van der Waals surface area contributed by atoms with Crippen molar-refractivity contribution in [3.05, 3.63) is 70.6 Å². The number of pyridine rings is 1. The summed E-state index contributed by atoms with van der Waals surface area (Å²) in [6, 6.07) is 12.8. The van der Waals surface area contributed by atoms with Crippen molar-refractivity contribution >= 4 is 12.0 Å². The van der Waals surface area contributed by atoms with Gasteiger partial charge in [-0.1, -0.05) is 0 Å². The van der Waals surface area contributed by atoms with Gasteiger partial charge < -0.3 is 9.15 Å². The molecule has 7 nitrogen and oxygen atoms in total. The van der Waals surface area contributed by atoms with Crippen LogP contribution < -0.4 is 4.74 Å². The standard InChI is InChI=1S/C16H10N2O5/c19-10-13-7-8-15(22-13)11-3-5-12(6-4-11)23-16-14(18(20)21)2-1-9-17-16/h1-10H. The molecule has 0 fully saturated rings. The Labute approximate surface area is 130 Å². The van der Waals surface area contributed by atoms with E-state index in [-0.39, 0.29) is 17.3 Å². The van der Waals surface area contributed by atoms with Gasteiger partial charge >= 0.3 is 5.69 Å². The molecule has 0 saturated carbocycles. The molecule has 0 aliphatic heterocycles. The monoisotopic (exact) mass is 310 g/mol. The van der Waals surface area contributed by atoms with E-state index in [1.165, 1.54) is 18.3 Å². The lowest BCUT2D eigenvalue weighted by molar-refractivity contribution is -0.386. The fourth-order valence-corrected chi connectivity index (χ4v) is 1.97. The smallest absolute Gasteiger partial charge is 0.331 e. The first kappa shape index (κ1) is 14.5. The maximum Gasteiger partial charge on any atom is 0.331 e. The number of ether oxygens (including phenoxy) is 1. The van der Waals surface area contributed by atoms with Crippen LogP contribution in [0, 0.1) is 10.1 Å². The highest BCUT2D eigenvalue weighted by Gasteiger charge is 2.16. The number of hydrogen-bond acceptors (Lipinski definition) is 6. The van der Waals surface area contributed by atoms with Crippen molar-refractivity contribution in [2.24, 2.45) is 0 Å². The number of carbonyl (C=O) groups is 1. The van der Waals surface area contributed by atoms with Gasteiger partial charge in [0.15, 0.2) is 12.0 Å². The molecule has 23 heavy (non-hydrogen) atoms. The van der Waals surface area contributed by atoms with Crippen LogP contribution in [-0.4, -0.2) is 16.2 Å². The van der Waals surface area contributed by atoms with Crippen molar-refractivity contribution < 1.29 is 18.9 Å². The summed E-state index contributed by atoms with van der Waals surface area (Å²) in [4.78, 5) is 24.9. The Morgan fingerprint density at radius 3 is 2.57 bits per heavy atom. The van der Waals surface area contributed by atoms with E-state index in [0.717, 1.165) is 5.56 Å². The molecule has 114 valence electrons. The first-order valence-corrected chi connectivity index (χ1v) is 6.60. The van der Waals surface area contributed by atoms with Gasteiger partial charge in [0.25, 0.3) is 5.88 Å². The Kier molecular flexibility index (Phi) is 3.84. The van der Waals surface area contributed by atoms with E-state index < -0.39 is 4.92 Å². The van der Waals surface area contributed by atoms with Crippen LogP contribution in [0.1, 0.15) is 10.6 Å².